The number of benzene rings is 4. The number of carbonyl (C=O) groups excluding carboxylic acids is 6. The number of ketones is 2. The van der Waals surface area contributed by atoms with Crippen molar-refractivity contribution in [3.8, 4) is 46.0 Å². The van der Waals surface area contributed by atoms with Gasteiger partial charge < -0.3 is 67.4 Å². The number of rotatable bonds is 34. The fourth-order valence-electron chi connectivity index (χ4n) is 8.86. The normalized spacial score (nSPS) is 10.9. The minimum Gasteiger partial charge on any atom is -0.493 e. The van der Waals surface area contributed by atoms with Gasteiger partial charge in [0.15, 0.2) is 57.6 Å². The van der Waals surface area contributed by atoms with Crippen LogP contribution in [0.1, 0.15) is 104 Å². The first-order valence-corrected chi connectivity index (χ1v) is 31.8. The van der Waals surface area contributed by atoms with E-state index in [9.17, 15) is 38.4 Å². The first-order chi connectivity index (χ1) is 43.2. The average Bonchev–Trinajstić information content (AvgIpc) is 3.04. The summed E-state index contributed by atoms with van der Waals surface area (Å²) in [4.78, 5) is 101. The van der Waals surface area contributed by atoms with Crippen LogP contribution in [0.4, 0.5) is 0 Å². The molecule has 0 saturated carbocycles. The van der Waals surface area contributed by atoms with Gasteiger partial charge in [0, 0.05) is 95.9 Å². The molecule has 0 spiro atoms. The summed E-state index contributed by atoms with van der Waals surface area (Å²) in [6.07, 6.45) is 0.962. The van der Waals surface area contributed by atoms with Gasteiger partial charge >= 0.3 is 23.9 Å². The predicted octanol–water partition coefficient (Wildman–Crippen LogP) is 12.1. The lowest BCUT2D eigenvalue weighted by molar-refractivity contribution is -0.144. The molecule has 4 aromatic heterocycles. The first kappa shape index (κ1) is 68.8. The number of hydrogen-bond acceptors (Lipinski definition) is 22. The maximum Gasteiger partial charge on any atom is 0.307 e. The van der Waals surface area contributed by atoms with Crippen LogP contribution in [0, 0.1) is 0 Å². The molecule has 0 atom stereocenters. The number of carbonyl (C=O) groups is 8. The molecule has 4 aromatic carbocycles. The van der Waals surface area contributed by atoms with Gasteiger partial charge in [-0.1, -0.05) is 0 Å². The van der Waals surface area contributed by atoms with Crippen molar-refractivity contribution in [1.29, 1.82) is 0 Å². The van der Waals surface area contributed by atoms with Crippen molar-refractivity contribution in [3.63, 3.8) is 0 Å². The molecule has 0 bridgehead atoms. The van der Waals surface area contributed by atoms with Crippen molar-refractivity contribution in [3.05, 3.63) is 92.3 Å². The summed E-state index contributed by atoms with van der Waals surface area (Å²) in [6, 6.07) is 21.7. The Labute approximate surface area is 534 Å². The van der Waals surface area contributed by atoms with Gasteiger partial charge in [0.1, 0.15) is 0 Å². The van der Waals surface area contributed by atoms with E-state index in [1.54, 1.807) is 78.6 Å². The van der Waals surface area contributed by atoms with Gasteiger partial charge in [-0.25, -0.2) is 0 Å². The summed E-state index contributed by atoms with van der Waals surface area (Å²) >= 11 is 5.27. The molecule has 0 aliphatic rings. The van der Waals surface area contributed by atoms with E-state index in [2.05, 4.69) is 0 Å². The third-order valence-electron chi connectivity index (χ3n) is 13.5. The van der Waals surface area contributed by atoms with E-state index in [4.69, 9.17) is 57.6 Å². The van der Waals surface area contributed by atoms with Gasteiger partial charge in [0.05, 0.1) is 113 Å². The number of hydrogen-bond donors (Lipinski definition) is 2. The van der Waals surface area contributed by atoms with Gasteiger partial charge in [-0.2, -0.15) is 0 Å². The van der Waals surface area contributed by atoms with Crippen molar-refractivity contribution in [2.24, 2.45) is 0 Å². The molecule has 2 N–H and O–H groups in total. The van der Waals surface area contributed by atoms with Gasteiger partial charge in [0.2, 0.25) is 0 Å². The fraction of sp³-hybridized carbons (Fsp3) is 0.375. The maximum atomic E-state index is 13.0. The van der Waals surface area contributed by atoms with Crippen LogP contribution < -0.4 is 37.9 Å². The first-order valence-electron chi connectivity index (χ1n) is 28.6. The molecule has 480 valence electrons. The second-order valence-corrected chi connectivity index (χ2v) is 24.2. The molecule has 8 rings (SSSR count). The largest absolute Gasteiger partial charge is 0.493 e. The summed E-state index contributed by atoms with van der Waals surface area (Å²) < 4.78 is 59.4. The highest BCUT2D eigenvalue weighted by Gasteiger charge is 2.22. The number of ether oxygens (including phenoxy) is 10. The summed E-state index contributed by atoms with van der Waals surface area (Å²) in [7, 11) is 9.42. The Bertz CT molecular complexity index is 3880. The quantitative estimate of drug-likeness (QED) is 0.0215. The summed E-state index contributed by atoms with van der Waals surface area (Å²) in [6.45, 7) is 5.78. The molecule has 0 fully saturated rings. The van der Waals surface area contributed by atoms with Crippen LogP contribution in [0.5, 0.6) is 46.0 Å². The number of methoxy groups -OCH3 is 4. The summed E-state index contributed by atoms with van der Waals surface area (Å²) in [5.41, 5.74) is 0. The predicted molar refractivity (Wildman–Crippen MR) is 344 cm³/mol. The zero-order valence-corrected chi connectivity index (χ0v) is 54.3. The number of esters is 2. The number of aliphatic carboxylic acids is 2. The molecule has 0 saturated heterocycles. The Morgan fingerprint density at radius 3 is 1.04 bits per heavy atom. The minimum atomic E-state index is -1.01. The summed E-state index contributed by atoms with van der Waals surface area (Å²) in [5.74, 6) is 0.794. The lowest BCUT2D eigenvalue weighted by Crippen LogP contribution is -2.28. The number of amides is 2. The highest BCUT2D eigenvalue weighted by molar-refractivity contribution is 7.22. The van der Waals surface area contributed by atoms with Crippen LogP contribution in [0.2, 0.25) is 0 Å². The third kappa shape index (κ3) is 18.7. The van der Waals surface area contributed by atoms with E-state index < -0.39 is 11.9 Å². The molecule has 2 amide bonds. The van der Waals surface area contributed by atoms with Gasteiger partial charge in [-0.15, -0.1) is 45.3 Å². The van der Waals surface area contributed by atoms with Crippen LogP contribution in [-0.2, 0) is 28.7 Å². The topological polar surface area (TPSA) is 276 Å². The number of nitrogens with zero attached hydrogens (tertiary/aromatic N) is 2. The zero-order valence-electron chi connectivity index (χ0n) is 51.0. The Morgan fingerprint density at radius 1 is 0.378 bits per heavy atom. The van der Waals surface area contributed by atoms with Crippen LogP contribution in [-0.4, -0.2) is 163 Å². The van der Waals surface area contributed by atoms with Crippen LogP contribution in [0.15, 0.2) is 72.8 Å². The highest BCUT2D eigenvalue weighted by atomic mass is 32.1. The van der Waals surface area contributed by atoms with Gasteiger partial charge in [-0.3, -0.25) is 38.4 Å². The minimum absolute atomic E-state index is 0.0475. The molecule has 26 heteroatoms. The summed E-state index contributed by atoms with van der Waals surface area (Å²) in [5, 5.41) is 21.0. The van der Waals surface area contributed by atoms with E-state index in [0.717, 1.165) is 40.3 Å². The standard InChI is InChI=1S/C34H39NO10S2.C30H31NO10S2/c1-6-42-32(37)10-9-23(36)30-17-22-16-26(25(41-5)19-28(22)46-30)44-13-8-14-45-27-20-29-21(15-24(27)40-4)18-31(47-29)34(39)35(3)12-11-33(38)43-7-2;1-31(8-7-29(35)36)30(37)27-14-17-11-20(38-2)23(16-25(17)43-27)41-10-4-9-40-22-12-18-13-26(19(32)5-6-28(33)34)42-24(18)15-21(22)39-3/h15-20H,6-14H2,1-5H3;11-16H,4-10H2,1-3H3,(H,33,34)(H,35,36). The molecule has 22 nitrogen and oxygen atoms in total. The van der Waals surface area contributed by atoms with E-state index in [0.29, 0.717) is 111 Å². The molecular weight excluding hydrogens is 1240 g/mol. The van der Waals surface area contributed by atoms with Crippen LogP contribution in [0.25, 0.3) is 40.3 Å². The van der Waals surface area contributed by atoms with E-state index in [1.807, 2.05) is 36.4 Å². The lowest BCUT2D eigenvalue weighted by atomic mass is 10.1. The van der Waals surface area contributed by atoms with Crippen LogP contribution >= 0.6 is 45.3 Å². The second kappa shape index (κ2) is 33.2. The number of Topliss-reactive ketones (excluding diaryl/α,β-unsaturated/α-hetero) is 2. The Morgan fingerprint density at radius 2 is 0.678 bits per heavy atom. The highest BCUT2D eigenvalue weighted by Crippen LogP contribution is 2.41. The average molecular weight is 1320 g/mol. The SMILES string of the molecule is CCOC(=O)CCC(=O)c1cc2cc(OCCCOc3cc4sc(C(=O)N(C)CCC(=O)OCC)cc4cc3OC)c(OC)cc2s1.COc1cc2sc(C(=O)CCC(=O)O)cc2cc1OCCCOc1cc2sc(C(=O)N(C)CCC(=O)O)cc2cc1OC. The molecule has 0 aliphatic carbocycles. The Kier molecular flexibility index (Phi) is 25.4. The molecule has 0 radical (unpaired) electrons. The van der Waals surface area contributed by atoms with Gasteiger partial charge in [0.25, 0.3) is 11.8 Å². The van der Waals surface area contributed by atoms with Gasteiger partial charge in [-0.05, 0) is 83.9 Å². The smallest absolute Gasteiger partial charge is 0.307 e. The maximum absolute atomic E-state index is 13.0. The van der Waals surface area contributed by atoms with Crippen molar-refractivity contribution >= 4 is 133 Å². The van der Waals surface area contributed by atoms with Crippen molar-refractivity contribution in [2.45, 2.75) is 65.2 Å². The molecule has 0 unspecified atom stereocenters. The van der Waals surface area contributed by atoms with Crippen LogP contribution in [0.3, 0.4) is 0 Å². The monoisotopic (exact) mass is 1310 g/mol. The molecule has 90 heavy (non-hydrogen) atoms. The molecular formula is C64H70N2O20S4. The third-order valence-corrected chi connectivity index (χ3v) is 18.0. The lowest BCUT2D eigenvalue weighted by Gasteiger charge is -2.15. The van der Waals surface area contributed by atoms with E-state index >= 15 is 0 Å². The number of carboxylic acids is 2. The van der Waals surface area contributed by atoms with Crippen molar-refractivity contribution in [2.75, 3.05) is 95.3 Å². The molecule has 8 aromatic rings. The number of carboxylic acid groups (broad SMARTS) is 2. The van der Waals surface area contributed by atoms with E-state index in [-0.39, 0.29) is 93.5 Å². The number of thiophene rings is 4. The number of fused-ring (bicyclic) bond motifs is 4. The van der Waals surface area contributed by atoms with Crippen molar-refractivity contribution in [1.82, 2.24) is 9.80 Å². The second-order valence-electron chi connectivity index (χ2n) is 19.9. The van der Waals surface area contributed by atoms with E-state index in [1.165, 1.54) is 69.4 Å². The fourth-order valence-corrected chi connectivity index (χ4v) is 13.1. The molecule has 0 aliphatic heterocycles. The Hall–Kier alpha value is -8.72. The zero-order chi connectivity index (χ0) is 65.0. The Balaban J connectivity index is 0.000000257. The molecule has 4 heterocycles. The van der Waals surface area contributed by atoms with Crippen molar-refractivity contribution < 1.29 is 95.9 Å².